The molecule has 0 saturated heterocycles. The zero-order valence-electron chi connectivity index (χ0n) is 22.1. The van der Waals surface area contributed by atoms with E-state index in [1.54, 1.807) is 6.20 Å². The Bertz CT molecular complexity index is 1540. The van der Waals surface area contributed by atoms with Crippen molar-refractivity contribution >= 4 is 23.2 Å². The Balaban J connectivity index is 1.04. The van der Waals surface area contributed by atoms with E-state index >= 15 is 0 Å². The van der Waals surface area contributed by atoms with E-state index in [2.05, 4.69) is 36.1 Å². The summed E-state index contributed by atoms with van der Waals surface area (Å²) in [4.78, 5) is 29.2. The molecule has 3 heterocycles. The molecular weight excluding hydrogens is 576 g/mol. The van der Waals surface area contributed by atoms with Gasteiger partial charge in [-0.3, -0.25) is 14.6 Å². The first-order valence-corrected chi connectivity index (χ1v) is 14.0. The molecule has 2 amide bonds. The van der Waals surface area contributed by atoms with Crippen LogP contribution >= 0.6 is 11.3 Å². The summed E-state index contributed by atoms with van der Waals surface area (Å²) in [6.07, 6.45) is -0.105. The number of carbonyl (C=O) groups excluding carboxylic acids is 2. The molecule has 0 aliphatic heterocycles. The predicted molar refractivity (Wildman–Crippen MR) is 143 cm³/mol. The number of alkyl halides is 4. The summed E-state index contributed by atoms with van der Waals surface area (Å²) < 4.78 is 54.5. The van der Waals surface area contributed by atoms with Crippen LogP contribution in [-0.4, -0.2) is 48.2 Å². The number of benzene rings is 1. The van der Waals surface area contributed by atoms with Gasteiger partial charge in [0.2, 0.25) is 5.01 Å². The molecule has 3 aromatic heterocycles. The second-order valence-corrected chi connectivity index (χ2v) is 11.0. The number of aryl methyl sites for hydroxylation is 1. The van der Waals surface area contributed by atoms with Crippen LogP contribution in [0.5, 0.6) is 0 Å². The molecule has 0 bridgehead atoms. The molecule has 220 valence electrons. The van der Waals surface area contributed by atoms with Gasteiger partial charge in [0.1, 0.15) is 11.2 Å². The Kier molecular flexibility index (Phi) is 8.85. The van der Waals surface area contributed by atoms with E-state index in [4.69, 9.17) is 0 Å². The van der Waals surface area contributed by atoms with Crippen LogP contribution in [-0.2, 0) is 32.2 Å². The van der Waals surface area contributed by atoms with Gasteiger partial charge in [-0.1, -0.05) is 34.7 Å². The molecule has 1 saturated carbocycles. The number of aromatic nitrogens is 6. The van der Waals surface area contributed by atoms with Gasteiger partial charge in [-0.2, -0.15) is 13.2 Å². The fourth-order valence-electron chi connectivity index (χ4n) is 4.06. The summed E-state index contributed by atoms with van der Waals surface area (Å²) in [7, 11) is 0. The van der Waals surface area contributed by atoms with E-state index in [-0.39, 0.29) is 48.7 Å². The van der Waals surface area contributed by atoms with Crippen molar-refractivity contribution in [3.05, 3.63) is 86.9 Å². The predicted octanol–water partition coefficient (Wildman–Crippen LogP) is 4.25. The van der Waals surface area contributed by atoms with Gasteiger partial charge in [-0.05, 0) is 48.6 Å². The minimum absolute atomic E-state index is 0.0222. The summed E-state index contributed by atoms with van der Waals surface area (Å²) in [5.41, 5.74) is 1.47. The molecule has 1 fully saturated rings. The van der Waals surface area contributed by atoms with E-state index in [1.807, 2.05) is 12.1 Å². The molecule has 10 nitrogen and oxygen atoms in total. The summed E-state index contributed by atoms with van der Waals surface area (Å²) in [6.45, 7) is 0.0330. The Morgan fingerprint density at radius 2 is 1.81 bits per heavy atom. The maximum Gasteiger partial charge on any atom is 0.416 e. The second-order valence-electron chi connectivity index (χ2n) is 9.89. The Morgan fingerprint density at radius 3 is 2.55 bits per heavy atom. The first kappa shape index (κ1) is 29.2. The monoisotopic (exact) mass is 602 g/mol. The van der Waals surface area contributed by atoms with Crippen molar-refractivity contribution in [3.8, 4) is 0 Å². The highest BCUT2D eigenvalue weighted by atomic mass is 32.1. The molecule has 1 unspecified atom stereocenters. The standard InChI is InChI=1S/C27H26F4N8O2S/c28-20(14-39-15-22(35-38-39)24(40)33-13-17-4-8-21(32-12-17)18-5-6-18)7-9-23-36-37-26(42-23)25(41)34-11-16-2-1-3-19(10-16)27(29,30)31/h1-4,8,10,12,15,18,20H,5-7,9,11,13-14H2,(H,33,40)(H,34,41). The van der Waals surface area contributed by atoms with Crippen LogP contribution in [0.4, 0.5) is 17.6 Å². The number of nitrogens with zero attached hydrogens (tertiary/aromatic N) is 6. The largest absolute Gasteiger partial charge is 0.416 e. The van der Waals surface area contributed by atoms with Crippen molar-refractivity contribution in [1.29, 1.82) is 0 Å². The highest BCUT2D eigenvalue weighted by Crippen LogP contribution is 2.38. The molecule has 4 aromatic rings. The van der Waals surface area contributed by atoms with Gasteiger partial charge in [-0.15, -0.1) is 15.3 Å². The molecule has 0 spiro atoms. The van der Waals surface area contributed by atoms with Gasteiger partial charge in [0.05, 0.1) is 18.3 Å². The molecule has 1 aliphatic rings. The van der Waals surface area contributed by atoms with Crippen LogP contribution in [0.25, 0.3) is 0 Å². The molecule has 42 heavy (non-hydrogen) atoms. The van der Waals surface area contributed by atoms with E-state index < -0.39 is 29.7 Å². The van der Waals surface area contributed by atoms with E-state index in [0.717, 1.165) is 47.6 Å². The number of amides is 2. The van der Waals surface area contributed by atoms with Gasteiger partial charge in [0.25, 0.3) is 11.8 Å². The summed E-state index contributed by atoms with van der Waals surface area (Å²) >= 11 is 0.975. The minimum atomic E-state index is -4.48. The first-order chi connectivity index (χ1) is 20.1. The lowest BCUT2D eigenvalue weighted by molar-refractivity contribution is -0.137. The van der Waals surface area contributed by atoms with E-state index in [0.29, 0.717) is 10.9 Å². The quantitative estimate of drug-likeness (QED) is 0.232. The second kappa shape index (κ2) is 12.7. The normalized spacial score (nSPS) is 14.0. The number of nitrogens with one attached hydrogen (secondary N) is 2. The SMILES string of the molecule is O=C(NCc1ccc(C2CC2)nc1)c1cn(CC(F)CCc2nnc(C(=O)NCc3cccc(C(F)(F)F)c3)s2)nn1. The third-order valence-corrected chi connectivity index (χ3v) is 7.47. The zero-order chi connectivity index (χ0) is 29.7. The Labute approximate surface area is 241 Å². The van der Waals surface area contributed by atoms with E-state index in [9.17, 15) is 27.2 Å². The molecule has 1 atom stereocenters. The van der Waals surface area contributed by atoms with Gasteiger partial charge >= 0.3 is 6.18 Å². The summed E-state index contributed by atoms with van der Waals surface area (Å²) in [6, 6.07) is 8.55. The fraction of sp³-hybridized carbons (Fsp3) is 0.370. The smallest absolute Gasteiger partial charge is 0.346 e. The number of pyridine rings is 1. The van der Waals surface area contributed by atoms with E-state index in [1.165, 1.54) is 23.0 Å². The summed E-state index contributed by atoms with van der Waals surface area (Å²) in [5, 5.41) is 21.1. The molecule has 5 rings (SSSR count). The number of halogens is 4. The van der Waals surface area contributed by atoms with Crippen molar-refractivity contribution in [2.45, 2.75) is 63.6 Å². The fourth-order valence-corrected chi connectivity index (χ4v) is 4.83. The van der Waals surface area contributed by atoms with Crippen LogP contribution in [0.15, 0.2) is 48.8 Å². The van der Waals surface area contributed by atoms with Gasteiger partial charge in [0.15, 0.2) is 5.69 Å². The molecular formula is C27H26F4N8O2S. The number of hydrogen-bond acceptors (Lipinski definition) is 8. The molecule has 0 radical (unpaired) electrons. The van der Waals surface area contributed by atoms with Crippen molar-refractivity contribution in [1.82, 2.24) is 40.8 Å². The third-order valence-electron chi connectivity index (χ3n) is 6.49. The highest BCUT2D eigenvalue weighted by Gasteiger charge is 2.30. The van der Waals surface area contributed by atoms with Crippen LogP contribution in [0.1, 0.15) is 72.9 Å². The average molecular weight is 603 g/mol. The number of carbonyl (C=O) groups is 2. The maximum atomic E-state index is 14.6. The summed E-state index contributed by atoms with van der Waals surface area (Å²) in [5.74, 6) is -0.470. The lowest BCUT2D eigenvalue weighted by atomic mass is 10.1. The van der Waals surface area contributed by atoms with Crippen molar-refractivity contribution < 1.29 is 27.2 Å². The molecule has 15 heteroatoms. The van der Waals surface area contributed by atoms with Gasteiger partial charge in [-0.25, -0.2) is 9.07 Å². The van der Waals surface area contributed by atoms with Crippen LogP contribution < -0.4 is 10.6 Å². The number of hydrogen-bond donors (Lipinski definition) is 2. The molecule has 1 aliphatic carbocycles. The Hall–Kier alpha value is -4.27. The Morgan fingerprint density at radius 1 is 1.02 bits per heavy atom. The van der Waals surface area contributed by atoms with Crippen molar-refractivity contribution in [2.75, 3.05) is 0 Å². The van der Waals surface area contributed by atoms with Gasteiger partial charge < -0.3 is 10.6 Å². The first-order valence-electron chi connectivity index (χ1n) is 13.2. The third kappa shape index (κ3) is 7.93. The minimum Gasteiger partial charge on any atom is -0.346 e. The highest BCUT2D eigenvalue weighted by molar-refractivity contribution is 7.13. The van der Waals surface area contributed by atoms with Crippen LogP contribution in [0.2, 0.25) is 0 Å². The lowest BCUT2D eigenvalue weighted by Crippen LogP contribution is -2.23. The number of rotatable bonds is 12. The lowest BCUT2D eigenvalue weighted by Gasteiger charge is -2.09. The van der Waals surface area contributed by atoms with Crippen LogP contribution in [0, 0.1) is 0 Å². The topological polar surface area (TPSA) is 128 Å². The molecule has 1 aromatic carbocycles. The van der Waals surface area contributed by atoms with Crippen molar-refractivity contribution in [2.24, 2.45) is 0 Å². The average Bonchev–Trinajstić information content (AvgIpc) is 3.53. The molecule has 2 N–H and O–H groups in total. The van der Waals surface area contributed by atoms with Crippen LogP contribution in [0.3, 0.4) is 0 Å². The van der Waals surface area contributed by atoms with Gasteiger partial charge in [0, 0.05) is 37.3 Å². The maximum absolute atomic E-state index is 14.6. The zero-order valence-corrected chi connectivity index (χ0v) is 23.0. The van der Waals surface area contributed by atoms with Crippen molar-refractivity contribution in [3.63, 3.8) is 0 Å².